The Labute approximate surface area is 186 Å². The molecule has 2 aromatic carbocycles. The molecule has 0 bridgehead atoms. The normalized spacial score (nSPS) is 26.9. The van der Waals surface area contributed by atoms with Crippen molar-refractivity contribution in [1.82, 2.24) is 0 Å². The van der Waals surface area contributed by atoms with E-state index in [1.807, 2.05) is 36.4 Å². The van der Waals surface area contributed by atoms with Crippen molar-refractivity contribution in [2.24, 2.45) is 0 Å². The number of ether oxygens (including phenoxy) is 8. The third-order valence-electron chi connectivity index (χ3n) is 5.54. The standard InChI is InChI=1S/C24H26O8/c1-3-16(25-7-17-8-26-17)4-2-15(1)21-5-6-22(30-12-18-9-27-18)24(32-14-20-11-29-20)23(21)31-13-19-10-28-19/h1-6,17-20H,7-14H2. The first-order valence-corrected chi connectivity index (χ1v) is 11.1. The molecular weight excluding hydrogens is 416 g/mol. The molecule has 0 aliphatic carbocycles. The Bertz CT molecular complexity index is 930. The Kier molecular flexibility index (Phi) is 5.52. The minimum absolute atomic E-state index is 0.116. The van der Waals surface area contributed by atoms with Crippen LogP contribution in [0.15, 0.2) is 36.4 Å². The first-order chi connectivity index (χ1) is 15.8. The predicted octanol–water partition coefficient (Wildman–Crippen LogP) is 2.46. The fraction of sp³-hybridized carbons (Fsp3) is 0.500. The molecule has 4 aliphatic rings. The van der Waals surface area contributed by atoms with Crippen LogP contribution in [0.2, 0.25) is 0 Å². The monoisotopic (exact) mass is 442 g/mol. The van der Waals surface area contributed by atoms with Gasteiger partial charge in [0, 0.05) is 5.56 Å². The van der Waals surface area contributed by atoms with Gasteiger partial charge in [0.2, 0.25) is 5.75 Å². The zero-order valence-corrected chi connectivity index (χ0v) is 17.7. The van der Waals surface area contributed by atoms with Gasteiger partial charge >= 0.3 is 0 Å². The van der Waals surface area contributed by atoms with Crippen molar-refractivity contribution in [2.45, 2.75) is 24.4 Å². The Morgan fingerprint density at radius 2 is 1.06 bits per heavy atom. The van der Waals surface area contributed by atoms with Crippen molar-refractivity contribution >= 4 is 0 Å². The third kappa shape index (κ3) is 5.27. The molecule has 8 nitrogen and oxygen atoms in total. The number of hydrogen-bond donors (Lipinski definition) is 0. The summed E-state index contributed by atoms with van der Waals surface area (Å²) >= 11 is 0. The van der Waals surface area contributed by atoms with E-state index in [0.717, 1.165) is 30.1 Å². The van der Waals surface area contributed by atoms with Gasteiger partial charge < -0.3 is 37.9 Å². The summed E-state index contributed by atoms with van der Waals surface area (Å²) in [5.74, 6) is 2.69. The summed E-state index contributed by atoms with van der Waals surface area (Å²) in [5, 5.41) is 0. The molecule has 0 saturated carbocycles. The smallest absolute Gasteiger partial charge is 0.204 e. The average Bonchev–Trinajstić information content (AvgIpc) is 3.65. The van der Waals surface area contributed by atoms with Crippen LogP contribution in [0.5, 0.6) is 23.0 Å². The van der Waals surface area contributed by atoms with E-state index in [1.165, 1.54) is 0 Å². The highest BCUT2D eigenvalue weighted by molar-refractivity contribution is 5.76. The summed E-state index contributed by atoms with van der Waals surface area (Å²) in [5.41, 5.74) is 1.92. The van der Waals surface area contributed by atoms with Crippen molar-refractivity contribution in [3.8, 4) is 34.1 Å². The number of benzene rings is 2. The van der Waals surface area contributed by atoms with Crippen LogP contribution in [0.3, 0.4) is 0 Å². The molecular formula is C24H26O8. The highest BCUT2D eigenvalue weighted by Gasteiger charge is 2.30. The molecule has 0 spiro atoms. The van der Waals surface area contributed by atoms with Gasteiger partial charge in [0.05, 0.1) is 26.4 Å². The Hall–Kier alpha value is -2.52. The topological polar surface area (TPSA) is 87.0 Å². The minimum Gasteiger partial charge on any atom is -0.491 e. The molecule has 8 heteroatoms. The lowest BCUT2D eigenvalue weighted by Gasteiger charge is -2.19. The lowest BCUT2D eigenvalue weighted by atomic mass is 10.0. The maximum absolute atomic E-state index is 6.23. The van der Waals surface area contributed by atoms with Crippen LogP contribution in [0.25, 0.3) is 11.1 Å². The lowest BCUT2D eigenvalue weighted by Crippen LogP contribution is -2.12. The van der Waals surface area contributed by atoms with Gasteiger partial charge in [0.1, 0.15) is 56.6 Å². The van der Waals surface area contributed by atoms with Gasteiger partial charge in [-0.1, -0.05) is 12.1 Å². The summed E-state index contributed by atoms with van der Waals surface area (Å²) in [6.45, 7) is 4.91. The molecule has 170 valence electrons. The van der Waals surface area contributed by atoms with E-state index in [1.54, 1.807) is 0 Å². The molecule has 4 fully saturated rings. The molecule has 4 saturated heterocycles. The van der Waals surface area contributed by atoms with Crippen molar-refractivity contribution in [3.05, 3.63) is 36.4 Å². The largest absolute Gasteiger partial charge is 0.491 e. The molecule has 4 unspecified atom stereocenters. The van der Waals surface area contributed by atoms with E-state index in [0.29, 0.717) is 56.9 Å². The highest BCUT2D eigenvalue weighted by Crippen LogP contribution is 2.46. The number of hydrogen-bond acceptors (Lipinski definition) is 8. The predicted molar refractivity (Wildman–Crippen MR) is 113 cm³/mol. The number of rotatable bonds is 13. The Balaban J connectivity index is 1.28. The van der Waals surface area contributed by atoms with Gasteiger partial charge in [-0.05, 0) is 29.8 Å². The zero-order chi connectivity index (χ0) is 21.3. The fourth-order valence-corrected chi connectivity index (χ4v) is 3.28. The maximum atomic E-state index is 6.23. The highest BCUT2D eigenvalue weighted by atomic mass is 16.6. The summed E-state index contributed by atoms with van der Waals surface area (Å²) in [6, 6.07) is 11.9. The van der Waals surface area contributed by atoms with Crippen molar-refractivity contribution in [3.63, 3.8) is 0 Å². The molecule has 4 atom stereocenters. The molecule has 6 rings (SSSR count). The molecule has 0 aromatic heterocycles. The van der Waals surface area contributed by atoms with E-state index in [-0.39, 0.29) is 24.4 Å². The molecule has 4 aliphatic heterocycles. The van der Waals surface area contributed by atoms with Crippen LogP contribution >= 0.6 is 0 Å². The molecule has 0 radical (unpaired) electrons. The summed E-state index contributed by atoms with van der Waals surface area (Å²) in [7, 11) is 0. The zero-order valence-electron chi connectivity index (χ0n) is 17.7. The maximum Gasteiger partial charge on any atom is 0.204 e. The van der Waals surface area contributed by atoms with Crippen LogP contribution in [-0.4, -0.2) is 77.3 Å². The summed E-state index contributed by atoms with van der Waals surface area (Å²) in [6.07, 6.45) is 0.604. The van der Waals surface area contributed by atoms with Gasteiger partial charge in [-0.2, -0.15) is 0 Å². The van der Waals surface area contributed by atoms with Crippen LogP contribution in [0, 0.1) is 0 Å². The number of epoxide rings is 4. The average molecular weight is 442 g/mol. The van der Waals surface area contributed by atoms with E-state index in [4.69, 9.17) is 37.9 Å². The first kappa shape index (κ1) is 20.1. The van der Waals surface area contributed by atoms with Crippen molar-refractivity contribution in [2.75, 3.05) is 52.9 Å². The Morgan fingerprint density at radius 1 is 0.562 bits per heavy atom. The van der Waals surface area contributed by atoms with Gasteiger partial charge in [0.25, 0.3) is 0 Å². The van der Waals surface area contributed by atoms with Gasteiger partial charge in [-0.15, -0.1) is 0 Å². The second kappa shape index (κ2) is 8.78. The Morgan fingerprint density at radius 3 is 1.62 bits per heavy atom. The van der Waals surface area contributed by atoms with E-state index < -0.39 is 0 Å². The van der Waals surface area contributed by atoms with Gasteiger partial charge in [-0.3, -0.25) is 0 Å². The van der Waals surface area contributed by atoms with Gasteiger partial charge in [0.15, 0.2) is 11.5 Å². The first-order valence-electron chi connectivity index (χ1n) is 11.1. The van der Waals surface area contributed by atoms with Crippen LogP contribution in [0.1, 0.15) is 0 Å². The summed E-state index contributed by atoms with van der Waals surface area (Å²) in [4.78, 5) is 0. The van der Waals surface area contributed by atoms with Crippen LogP contribution < -0.4 is 18.9 Å². The van der Waals surface area contributed by atoms with Crippen LogP contribution in [-0.2, 0) is 18.9 Å². The van der Waals surface area contributed by atoms with Crippen LogP contribution in [0.4, 0.5) is 0 Å². The van der Waals surface area contributed by atoms with Crippen molar-refractivity contribution in [1.29, 1.82) is 0 Å². The third-order valence-corrected chi connectivity index (χ3v) is 5.54. The second-order valence-electron chi connectivity index (χ2n) is 8.36. The molecule has 2 aromatic rings. The SMILES string of the molecule is c1cc(-c2ccc(OCC3CO3)c(OCC3CO3)c2OCC2CO2)ccc1OCC1CO1. The second-order valence-corrected chi connectivity index (χ2v) is 8.36. The fourth-order valence-electron chi connectivity index (χ4n) is 3.28. The van der Waals surface area contributed by atoms with Crippen molar-refractivity contribution < 1.29 is 37.9 Å². The van der Waals surface area contributed by atoms with E-state index in [9.17, 15) is 0 Å². The van der Waals surface area contributed by atoms with E-state index >= 15 is 0 Å². The lowest BCUT2D eigenvalue weighted by molar-refractivity contribution is 0.209. The molecule has 32 heavy (non-hydrogen) atoms. The molecule has 0 N–H and O–H groups in total. The quantitative estimate of drug-likeness (QED) is 0.437. The molecule has 4 heterocycles. The van der Waals surface area contributed by atoms with Gasteiger partial charge in [-0.25, -0.2) is 0 Å². The minimum atomic E-state index is 0.116. The molecule has 0 amide bonds. The summed E-state index contributed by atoms with van der Waals surface area (Å²) < 4.78 is 45.3. The van der Waals surface area contributed by atoms with E-state index in [2.05, 4.69) is 0 Å².